The predicted molar refractivity (Wildman–Crippen MR) is 103 cm³/mol. The Kier molecular flexibility index (Phi) is 4.07. The van der Waals surface area contributed by atoms with Crippen LogP contribution in [0.3, 0.4) is 0 Å². The zero-order chi connectivity index (χ0) is 18.2. The van der Waals surface area contributed by atoms with Gasteiger partial charge in [0.25, 0.3) is 6.29 Å². The summed E-state index contributed by atoms with van der Waals surface area (Å²) < 4.78 is 12.1. The van der Waals surface area contributed by atoms with Crippen LogP contribution in [-0.2, 0) is 0 Å². The number of nitrogens with zero attached hydrogens (tertiary/aromatic N) is 2. The number of hydrogen-bond donors (Lipinski definition) is 1. The number of imidazole rings is 1. The molecule has 3 aromatic rings. The van der Waals surface area contributed by atoms with E-state index in [1.165, 1.54) is 0 Å². The van der Waals surface area contributed by atoms with E-state index in [-0.39, 0.29) is 0 Å². The van der Waals surface area contributed by atoms with Gasteiger partial charge in [0, 0.05) is 11.6 Å². The van der Waals surface area contributed by atoms with Gasteiger partial charge < -0.3 is 14.5 Å². The third kappa shape index (κ3) is 3.07. The second kappa shape index (κ2) is 6.72. The molecular formula is C22H22N3O2. The highest BCUT2D eigenvalue weighted by Crippen LogP contribution is 2.42. The number of aromatic amines is 1. The van der Waals surface area contributed by atoms with Crippen molar-refractivity contribution in [2.45, 2.75) is 44.8 Å². The van der Waals surface area contributed by atoms with E-state index in [1.54, 1.807) is 0 Å². The van der Waals surface area contributed by atoms with Gasteiger partial charge in [0.2, 0.25) is 0 Å². The second-order valence-electron chi connectivity index (χ2n) is 7.20. The molecule has 5 nitrogen and oxygen atoms in total. The first kappa shape index (κ1) is 16.4. The number of ether oxygens (including phenoxy) is 2. The minimum absolute atomic E-state index is 0.441. The lowest BCUT2D eigenvalue weighted by atomic mass is 9.89. The van der Waals surface area contributed by atoms with Crippen LogP contribution in [-0.4, -0.2) is 15.0 Å². The van der Waals surface area contributed by atoms with Crippen LogP contribution in [0.1, 0.15) is 55.1 Å². The van der Waals surface area contributed by atoms with Gasteiger partial charge in [-0.15, -0.1) is 0 Å². The Labute approximate surface area is 158 Å². The van der Waals surface area contributed by atoms with Crippen molar-refractivity contribution in [2.75, 3.05) is 0 Å². The average Bonchev–Trinajstić information content (AvgIpc) is 3.33. The van der Waals surface area contributed by atoms with Gasteiger partial charge in [-0.2, -0.15) is 0 Å². The molecule has 1 aliphatic heterocycles. The van der Waals surface area contributed by atoms with Crippen LogP contribution in [0.4, 0.5) is 0 Å². The number of benzene rings is 1. The van der Waals surface area contributed by atoms with E-state index in [2.05, 4.69) is 11.4 Å². The number of hydrogen-bond acceptors (Lipinski definition) is 4. The molecule has 1 saturated carbocycles. The Bertz CT molecular complexity index is 935. The highest BCUT2D eigenvalue weighted by molar-refractivity contribution is 5.59. The fourth-order valence-electron chi connectivity index (χ4n) is 3.86. The molecule has 2 aliphatic rings. The molecule has 0 saturated heterocycles. The Morgan fingerprint density at radius 3 is 2.37 bits per heavy atom. The van der Waals surface area contributed by atoms with Crippen molar-refractivity contribution >= 4 is 0 Å². The summed E-state index contributed by atoms with van der Waals surface area (Å²) in [6.45, 7) is 2.00. The topological polar surface area (TPSA) is 60.0 Å². The fraction of sp³-hybridized carbons (Fsp3) is 0.318. The van der Waals surface area contributed by atoms with E-state index in [0.29, 0.717) is 5.92 Å². The largest absolute Gasteiger partial charge is 0.445 e. The van der Waals surface area contributed by atoms with Gasteiger partial charge in [-0.3, -0.25) is 4.98 Å². The SMILES string of the molecule is Cc1cccc(-c2[nH]c(C3CC[CH]CC3)nc2C2Oc3ccccc3O2)n1. The highest BCUT2D eigenvalue weighted by atomic mass is 16.7. The number of aromatic nitrogens is 3. The lowest BCUT2D eigenvalue weighted by molar-refractivity contribution is 0.0455. The van der Waals surface area contributed by atoms with Gasteiger partial charge in [-0.05, 0) is 63.3 Å². The molecule has 1 radical (unpaired) electrons. The van der Waals surface area contributed by atoms with E-state index in [4.69, 9.17) is 19.4 Å². The second-order valence-corrected chi connectivity index (χ2v) is 7.20. The van der Waals surface area contributed by atoms with Gasteiger partial charge in [0.1, 0.15) is 11.5 Å². The van der Waals surface area contributed by atoms with Crippen molar-refractivity contribution in [3.8, 4) is 22.9 Å². The lowest BCUT2D eigenvalue weighted by Crippen LogP contribution is -2.11. The van der Waals surface area contributed by atoms with Crippen LogP contribution in [0.25, 0.3) is 11.4 Å². The predicted octanol–water partition coefficient (Wildman–Crippen LogP) is 5.11. The molecule has 1 aliphatic carbocycles. The summed E-state index contributed by atoms with van der Waals surface area (Å²) in [7, 11) is 0. The summed E-state index contributed by atoms with van der Waals surface area (Å²) in [6.07, 6.45) is 6.34. The molecule has 1 aromatic carbocycles. The minimum Gasteiger partial charge on any atom is -0.445 e. The third-order valence-corrected chi connectivity index (χ3v) is 5.26. The molecule has 0 amide bonds. The van der Waals surface area contributed by atoms with Crippen molar-refractivity contribution in [1.29, 1.82) is 0 Å². The molecule has 3 heterocycles. The maximum atomic E-state index is 6.05. The molecule has 0 bridgehead atoms. The third-order valence-electron chi connectivity index (χ3n) is 5.26. The number of para-hydroxylation sites is 2. The molecule has 137 valence electrons. The Morgan fingerprint density at radius 1 is 0.926 bits per heavy atom. The number of H-pyrrole nitrogens is 1. The number of rotatable bonds is 3. The highest BCUT2D eigenvalue weighted by Gasteiger charge is 2.32. The van der Waals surface area contributed by atoms with Crippen molar-refractivity contribution in [2.24, 2.45) is 0 Å². The maximum Gasteiger partial charge on any atom is 0.287 e. The molecule has 5 rings (SSSR count). The summed E-state index contributed by atoms with van der Waals surface area (Å²) in [5, 5.41) is 0. The normalized spacial score (nSPS) is 17.4. The quantitative estimate of drug-likeness (QED) is 0.705. The zero-order valence-corrected chi connectivity index (χ0v) is 15.3. The van der Waals surface area contributed by atoms with E-state index in [1.807, 2.05) is 49.4 Å². The minimum atomic E-state index is -0.556. The van der Waals surface area contributed by atoms with Crippen LogP contribution in [0.2, 0.25) is 0 Å². The molecular weight excluding hydrogens is 338 g/mol. The smallest absolute Gasteiger partial charge is 0.287 e. The number of fused-ring (bicyclic) bond motifs is 1. The Morgan fingerprint density at radius 2 is 1.67 bits per heavy atom. The molecule has 1 N–H and O–H groups in total. The summed E-state index contributed by atoms with van der Waals surface area (Å²) in [6, 6.07) is 13.8. The summed E-state index contributed by atoms with van der Waals surface area (Å²) in [4.78, 5) is 13.2. The van der Waals surface area contributed by atoms with Crippen molar-refractivity contribution < 1.29 is 9.47 Å². The number of nitrogens with one attached hydrogen (secondary N) is 1. The van der Waals surface area contributed by atoms with Gasteiger partial charge in [-0.25, -0.2) is 4.98 Å². The van der Waals surface area contributed by atoms with Crippen molar-refractivity contribution in [3.05, 3.63) is 66.1 Å². The molecule has 2 aromatic heterocycles. The van der Waals surface area contributed by atoms with E-state index < -0.39 is 6.29 Å². The first-order valence-electron chi connectivity index (χ1n) is 9.56. The summed E-state index contributed by atoms with van der Waals surface area (Å²) in [5.74, 6) is 2.96. The van der Waals surface area contributed by atoms with Crippen molar-refractivity contribution in [1.82, 2.24) is 15.0 Å². The first-order valence-corrected chi connectivity index (χ1v) is 9.56. The Balaban J connectivity index is 1.55. The molecule has 5 heteroatoms. The van der Waals surface area contributed by atoms with Gasteiger partial charge in [0.15, 0.2) is 11.5 Å². The lowest BCUT2D eigenvalue weighted by Gasteiger charge is -2.19. The summed E-state index contributed by atoms with van der Waals surface area (Å²) >= 11 is 0. The maximum absolute atomic E-state index is 6.05. The van der Waals surface area contributed by atoms with Gasteiger partial charge in [-0.1, -0.05) is 18.2 Å². The van der Waals surface area contributed by atoms with Gasteiger partial charge in [0.05, 0.1) is 11.4 Å². The van der Waals surface area contributed by atoms with Crippen LogP contribution >= 0.6 is 0 Å². The molecule has 0 unspecified atom stereocenters. The molecule has 0 atom stereocenters. The van der Waals surface area contributed by atoms with Gasteiger partial charge >= 0.3 is 0 Å². The standard InChI is InChI=1S/C22H22N3O2/c1-14-8-7-11-16(23-14)19-20(22-26-17-12-5-6-13-18(17)27-22)25-21(24-19)15-9-3-2-4-10-15/h2,5-8,11-13,15,22H,3-4,9-10H2,1H3,(H,24,25). The molecule has 1 fully saturated rings. The number of aryl methyl sites for hydroxylation is 1. The van der Waals surface area contributed by atoms with Crippen LogP contribution in [0.15, 0.2) is 42.5 Å². The number of pyridine rings is 1. The van der Waals surface area contributed by atoms with E-state index in [0.717, 1.165) is 65.8 Å². The average molecular weight is 360 g/mol. The first-order chi connectivity index (χ1) is 13.3. The van der Waals surface area contributed by atoms with Crippen molar-refractivity contribution in [3.63, 3.8) is 0 Å². The zero-order valence-electron chi connectivity index (χ0n) is 15.3. The summed E-state index contributed by atoms with van der Waals surface area (Å²) in [5.41, 5.74) is 3.50. The fourth-order valence-corrected chi connectivity index (χ4v) is 3.86. The monoisotopic (exact) mass is 360 g/mol. The molecule has 0 spiro atoms. The van der Waals surface area contributed by atoms with E-state index >= 15 is 0 Å². The van der Waals surface area contributed by atoms with Crippen LogP contribution in [0.5, 0.6) is 11.5 Å². The Hall–Kier alpha value is -2.82. The molecule has 27 heavy (non-hydrogen) atoms. The van der Waals surface area contributed by atoms with Crippen LogP contribution in [0, 0.1) is 13.3 Å². The van der Waals surface area contributed by atoms with E-state index in [9.17, 15) is 0 Å². The van der Waals surface area contributed by atoms with Crippen LogP contribution < -0.4 is 9.47 Å².